The van der Waals surface area contributed by atoms with Crippen LogP contribution in [0.1, 0.15) is 37.0 Å². The molecule has 1 aromatic carbocycles. The van der Waals surface area contributed by atoms with E-state index in [1.807, 2.05) is 13.8 Å². The Bertz CT molecular complexity index is 485. The molecule has 20 heavy (non-hydrogen) atoms. The van der Waals surface area contributed by atoms with Crippen molar-refractivity contribution in [3.05, 3.63) is 23.8 Å². The zero-order chi connectivity index (χ0) is 15.1. The van der Waals surface area contributed by atoms with Crippen LogP contribution < -0.4 is 21.5 Å². The molecule has 0 aliphatic heterocycles. The van der Waals surface area contributed by atoms with Gasteiger partial charge in [0.15, 0.2) is 6.61 Å². The summed E-state index contributed by atoms with van der Waals surface area (Å²) < 4.78 is 5.34. The number of primary amides is 1. The fraction of sp³-hybridized carbons (Fsp3) is 0.429. The number of ether oxygens (including phenoxy) is 1. The number of amides is 2. The van der Waals surface area contributed by atoms with Crippen molar-refractivity contribution >= 4 is 17.5 Å². The van der Waals surface area contributed by atoms with Gasteiger partial charge in [-0.15, -0.1) is 0 Å². The number of hydrogen-bond acceptors (Lipinski definition) is 4. The van der Waals surface area contributed by atoms with Crippen molar-refractivity contribution in [1.29, 1.82) is 0 Å². The molecule has 0 spiro atoms. The Morgan fingerprint density at radius 1 is 1.30 bits per heavy atom. The quantitative estimate of drug-likeness (QED) is 0.648. The van der Waals surface area contributed by atoms with E-state index in [4.69, 9.17) is 16.2 Å². The van der Waals surface area contributed by atoms with Crippen LogP contribution in [-0.2, 0) is 4.79 Å². The normalized spacial score (nSPS) is 10.3. The van der Waals surface area contributed by atoms with Crippen molar-refractivity contribution in [2.24, 2.45) is 5.73 Å². The van der Waals surface area contributed by atoms with Gasteiger partial charge >= 0.3 is 0 Å². The summed E-state index contributed by atoms with van der Waals surface area (Å²) in [5.41, 5.74) is 11.5. The number of nitrogens with one attached hydrogen (secondary N) is 1. The average molecular weight is 279 g/mol. The van der Waals surface area contributed by atoms with E-state index in [9.17, 15) is 9.59 Å². The molecule has 0 saturated heterocycles. The van der Waals surface area contributed by atoms with Crippen molar-refractivity contribution in [2.75, 3.05) is 12.3 Å². The van der Waals surface area contributed by atoms with Gasteiger partial charge in [-0.25, -0.2) is 0 Å². The summed E-state index contributed by atoms with van der Waals surface area (Å²) in [4.78, 5) is 23.0. The van der Waals surface area contributed by atoms with Gasteiger partial charge in [-0.2, -0.15) is 0 Å². The Morgan fingerprint density at radius 3 is 2.50 bits per heavy atom. The lowest BCUT2D eigenvalue weighted by molar-refractivity contribution is -0.123. The number of hydrogen-bond donors (Lipinski definition) is 3. The maximum atomic E-state index is 11.7. The van der Waals surface area contributed by atoms with Crippen LogP contribution >= 0.6 is 0 Å². The van der Waals surface area contributed by atoms with E-state index in [0.29, 0.717) is 5.69 Å². The summed E-state index contributed by atoms with van der Waals surface area (Å²) in [6, 6.07) is 4.63. The molecule has 0 saturated carbocycles. The number of anilines is 1. The van der Waals surface area contributed by atoms with Crippen molar-refractivity contribution in [3.63, 3.8) is 0 Å². The van der Waals surface area contributed by atoms with Gasteiger partial charge < -0.3 is 21.5 Å². The van der Waals surface area contributed by atoms with E-state index in [1.165, 1.54) is 12.1 Å². The van der Waals surface area contributed by atoms with E-state index in [-0.39, 0.29) is 29.9 Å². The summed E-state index contributed by atoms with van der Waals surface area (Å²) in [5.74, 6) is -0.644. The first-order valence-corrected chi connectivity index (χ1v) is 6.59. The minimum Gasteiger partial charge on any atom is -0.483 e. The minimum atomic E-state index is -0.625. The molecule has 0 fully saturated rings. The van der Waals surface area contributed by atoms with Crippen molar-refractivity contribution in [2.45, 2.75) is 32.7 Å². The number of benzene rings is 1. The van der Waals surface area contributed by atoms with Crippen LogP contribution in [0.3, 0.4) is 0 Å². The third-order valence-corrected chi connectivity index (χ3v) is 2.98. The monoisotopic (exact) mass is 279 g/mol. The Morgan fingerprint density at radius 2 is 1.95 bits per heavy atom. The van der Waals surface area contributed by atoms with Gasteiger partial charge in [-0.1, -0.05) is 13.8 Å². The predicted molar refractivity (Wildman–Crippen MR) is 77.4 cm³/mol. The van der Waals surface area contributed by atoms with Crippen LogP contribution in [0, 0.1) is 0 Å². The SMILES string of the molecule is CCC(CC)NC(=O)COc1cc(N)ccc1C(N)=O. The van der Waals surface area contributed by atoms with Gasteiger partial charge in [0.1, 0.15) is 5.75 Å². The van der Waals surface area contributed by atoms with Gasteiger partial charge in [0, 0.05) is 17.8 Å². The molecule has 0 unspecified atom stereocenters. The number of carbonyl (C=O) groups is 2. The van der Waals surface area contributed by atoms with Crippen molar-refractivity contribution < 1.29 is 14.3 Å². The summed E-state index contributed by atoms with van der Waals surface area (Å²) in [6.45, 7) is 3.82. The van der Waals surface area contributed by atoms with Gasteiger partial charge in [-0.05, 0) is 25.0 Å². The molecular formula is C14H21N3O3. The Labute approximate surface area is 118 Å². The molecule has 0 aliphatic carbocycles. The highest BCUT2D eigenvalue weighted by molar-refractivity contribution is 5.96. The molecule has 1 aromatic rings. The highest BCUT2D eigenvalue weighted by atomic mass is 16.5. The fourth-order valence-electron chi connectivity index (χ4n) is 1.77. The van der Waals surface area contributed by atoms with Gasteiger partial charge in [0.25, 0.3) is 11.8 Å². The molecule has 0 aliphatic rings. The highest BCUT2D eigenvalue weighted by Gasteiger charge is 2.13. The Kier molecular flexibility index (Phi) is 5.83. The fourth-order valence-corrected chi connectivity index (χ4v) is 1.77. The van der Waals surface area contributed by atoms with Crippen LogP contribution in [0.15, 0.2) is 18.2 Å². The molecule has 0 atom stereocenters. The molecule has 6 nitrogen and oxygen atoms in total. The summed E-state index contributed by atoms with van der Waals surface area (Å²) in [7, 11) is 0. The lowest BCUT2D eigenvalue weighted by Gasteiger charge is -2.15. The van der Waals surface area contributed by atoms with Crippen LogP contribution in [0.25, 0.3) is 0 Å². The predicted octanol–water partition coefficient (Wildman–Crippen LogP) is 1.05. The van der Waals surface area contributed by atoms with Crippen molar-refractivity contribution in [3.8, 4) is 5.75 Å². The number of rotatable bonds is 7. The number of nitrogen functional groups attached to an aromatic ring is 1. The molecule has 110 valence electrons. The first-order valence-electron chi connectivity index (χ1n) is 6.59. The molecule has 0 bridgehead atoms. The van der Waals surface area contributed by atoms with Gasteiger partial charge in [-0.3, -0.25) is 9.59 Å². The van der Waals surface area contributed by atoms with Crippen LogP contribution in [0.2, 0.25) is 0 Å². The number of carbonyl (C=O) groups excluding carboxylic acids is 2. The lowest BCUT2D eigenvalue weighted by atomic mass is 10.1. The number of nitrogens with two attached hydrogens (primary N) is 2. The topological polar surface area (TPSA) is 107 Å². The van der Waals surface area contributed by atoms with Gasteiger partial charge in [0.05, 0.1) is 5.56 Å². The average Bonchev–Trinajstić information content (AvgIpc) is 2.42. The van der Waals surface area contributed by atoms with E-state index >= 15 is 0 Å². The molecule has 0 aromatic heterocycles. The van der Waals surface area contributed by atoms with E-state index in [0.717, 1.165) is 12.8 Å². The Balaban J connectivity index is 2.67. The van der Waals surface area contributed by atoms with Crippen LogP contribution in [0.5, 0.6) is 5.75 Å². The van der Waals surface area contributed by atoms with Gasteiger partial charge in [0.2, 0.25) is 0 Å². The smallest absolute Gasteiger partial charge is 0.258 e. The molecule has 5 N–H and O–H groups in total. The maximum absolute atomic E-state index is 11.7. The first kappa shape index (κ1) is 15.8. The van der Waals surface area contributed by atoms with E-state index < -0.39 is 5.91 Å². The molecule has 2 amide bonds. The maximum Gasteiger partial charge on any atom is 0.258 e. The zero-order valence-corrected chi connectivity index (χ0v) is 11.8. The standard InChI is InChI=1S/C14H21N3O3/c1-3-10(4-2)17-13(18)8-20-12-7-9(15)5-6-11(12)14(16)19/h5-7,10H,3-4,8,15H2,1-2H3,(H2,16,19)(H,17,18). The third-order valence-electron chi connectivity index (χ3n) is 2.98. The Hall–Kier alpha value is -2.24. The van der Waals surface area contributed by atoms with Crippen LogP contribution in [-0.4, -0.2) is 24.5 Å². The molecule has 1 rings (SSSR count). The van der Waals surface area contributed by atoms with E-state index in [2.05, 4.69) is 5.32 Å². The summed E-state index contributed by atoms with van der Waals surface area (Å²) in [6.07, 6.45) is 1.71. The molecule has 0 heterocycles. The van der Waals surface area contributed by atoms with Crippen LogP contribution in [0.4, 0.5) is 5.69 Å². The second-order valence-electron chi connectivity index (χ2n) is 4.49. The lowest BCUT2D eigenvalue weighted by Crippen LogP contribution is -2.37. The minimum absolute atomic E-state index is 0.127. The zero-order valence-electron chi connectivity index (χ0n) is 11.8. The third kappa shape index (κ3) is 4.46. The summed E-state index contributed by atoms with van der Waals surface area (Å²) in [5, 5.41) is 2.84. The second-order valence-corrected chi connectivity index (χ2v) is 4.49. The van der Waals surface area contributed by atoms with Crippen molar-refractivity contribution in [1.82, 2.24) is 5.32 Å². The summed E-state index contributed by atoms with van der Waals surface area (Å²) >= 11 is 0. The molecule has 6 heteroatoms. The largest absolute Gasteiger partial charge is 0.483 e. The van der Waals surface area contributed by atoms with E-state index in [1.54, 1.807) is 6.07 Å². The second kappa shape index (κ2) is 7.37. The first-order chi connectivity index (χ1) is 9.47. The molecular weight excluding hydrogens is 258 g/mol. The highest BCUT2D eigenvalue weighted by Crippen LogP contribution is 2.21. The molecule has 0 radical (unpaired) electrons.